The van der Waals surface area contributed by atoms with Crippen LogP contribution in [0.2, 0.25) is 0 Å². The summed E-state index contributed by atoms with van der Waals surface area (Å²) in [6, 6.07) is 4.55. The number of nitrogens with one attached hydrogen (secondary N) is 1. The third-order valence-corrected chi connectivity index (χ3v) is 4.33. The van der Waals surface area contributed by atoms with E-state index in [2.05, 4.69) is 22.1 Å². The van der Waals surface area contributed by atoms with Gasteiger partial charge in [-0.2, -0.15) is 0 Å². The SMILES string of the molecule is Cc1ccc(-c2ncc(CN3CCN[C@H](C)C3)s2)o1.Cl. The molecule has 1 atom stereocenters. The molecule has 0 saturated carbocycles. The molecule has 4 nitrogen and oxygen atoms in total. The maximum absolute atomic E-state index is 5.61. The summed E-state index contributed by atoms with van der Waals surface area (Å²) in [7, 11) is 0. The molecule has 0 aliphatic carbocycles. The largest absolute Gasteiger partial charge is 0.459 e. The zero-order valence-corrected chi connectivity index (χ0v) is 13.4. The highest BCUT2D eigenvalue weighted by Gasteiger charge is 2.17. The van der Waals surface area contributed by atoms with Crippen molar-refractivity contribution in [2.24, 2.45) is 0 Å². The molecule has 20 heavy (non-hydrogen) atoms. The predicted molar refractivity (Wildman–Crippen MR) is 84.5 cm³/mol. The Hall–Kier alpha value is -0.880. The molecule has 0 unspecified atom stereocenters. The van der Waals surface area contributed by atoms with Crippen molar-refractivity contribution >= 4 is 23.7 Å². The highest BCUT2D eigenvalue weighted by atomic mass is 35.5. The third kappa shape index (κ3) is 3.61. The molecule has 1 saturated heterocycles. The summed E-state index contributed by atoms with van der Waals surface area (Å²) < 4.78 is 5.61. The molecule has 2 aromatic rings. The topological polar surface area (TPSA) is 41.3 Å². The van der Waals surface area contributed by atoms with E-state index in [-0.39, 0.29) is 12.4 Å². The quantitative estimate of drug-likeness (QED) is 0.946. The molecule has 0 spiro atoms. The van der Waals surface area contributed by atoms with Gasteiger partial charge in [-0.25, -0.2) is 4.98 Å². The minimum Gasteiger partial charge on any atom is -0.459 e. The molecular formula is C14H20ClN3OS. The van der Waals surface area contributed by atoms with Crippen LogP contribution >= 0.6 is 23.7 Å². The zero-order valence-electron chi connectivity index (χ0n) is 11.8. The first-order valence-electron chi connectivity index (χ1n) is 6.68. The minimum absolute atomic E-state index is 0. The van der Waals surface area contributed by atoms with E-state index in [4.69, 9.17) is 4.42 Å². The number of halogens is 1. The van der Waals surface area contributed by atoms with Crippen molar-refractivity contribution in [3.8, 4) is 10.8 Å². The van der Waals surface area contributed by atoms with Gasteiger partial charge in [-0.3, -0.25) is 4.90 Å². The van der Waals surface area contributed by atoms with Crippen molar-refractivity contribution in [2.75, 3.05) is 19.6 Å². The first-order valence-corrected chi connectivity index (χ1v) is 7.49. The molecule has 0 bridgehead atoms. The van der Waals surface area contributed by atoms with Crippen molar-refractivity contribution in [3.05, 3.63) is 29.0 Å². The van der Waals surface area contributed by atoms with Crippen molar-refractivity contribution in [3.63, 3.8) is 0 Å². The van der Waals surface area contributed by atoms with Crippen LogP contribution in [0.15, 0.2) is 22.7 Å². The van der Waals surface area contributed by atoms with Gasteiger partial charge in [0.25, 0.3) is 0 Å². The maximum atomic E-state index is 5.61. The van der Waals surface area contributed by atoms with Gasteiger partial charge < -0.3 is 9.73 Å². The number of piperazine rings is 1. The van der Waals surface area contributed by atoms with E-state index in [1.165, 1.54) is 4.88 Å². The Labute approximate surface area is 129 Å². The molecule has 6 heteroatoms. The van der Waals surface area contributed by atoms with Crippen molar-refractivity contribution < 1.29 is 4.42 Å². The molecular weight excluding hydrogens is 294 g/mol. The number of thiazole rings is 1. The Bertz CT molecular complexity index is 554. The van der Waals surface area contributed by atoms with Crippen LogP contribution in [0.1, 0.15) is 17.6 Å². The van der Waals surface area contributed by atoms with Gasteiger partial charge in [0.2, 0.25) is 0 Å². The molecule has 0 aromatic carbocycles. The van der Waals surface area contributed by atoms with Gasteiger partial charge >= 0.3 is 0 Å². The first-order chi connectivity index (χ1) is 9.20. The number of hydrogen-bond donors (Lipinski definition) is 1. The molecule has 1 N–H and O–H groups in total. The fourth-order valence-corrected chi connectivity index (χ4v) is 3.34. The first kappa shape index (κ1) is 15.5. The van der Waals surface area contributed by atoms with Crippen LogP contribution in [0.25, 0.3) is 10.8 Å². The second-order valence-corrected chi connectivity index (χ2v) is 6.25. The Morgan fingerprint density at radius 3 is 3.05 bits per heavy atom. The fourth-order valence-electron chi connectivity index (χ4n) is 2.42. The highest BCUT2D eigenvalue weighted by molar-refractivity contribution is 7.14. The summed E-state index contributed by atoms with van der Waals surface area (Å²) in [5.41, 5.74) is 0. The second kappa shape index (κ2) is 6.72. The van der Waals surface area contributed by atoms with E-state index >= 15 is 0 Å². The Morgan fingerprint density at radius 2 is 2.35 bits per heavy atom. The van der Waals surface area contributed by atoms with Gasteiger partial charge in [-0.1, -0.05) is 0 Å². The number of aryl methyl sites for hydroxylation is 1. The minimum atomic E-state index is 0. The zero-order chi connectivity index (χ0) is 13.2. The Balaban J connectivity index is 0.00000147. The second-order valence-electron chi connectivity index (χ2n) is 5.13. The molecule has 3 rings (SSSR count). The summed E-state index contributed by atoms with van der Waals surface area (Å²) in [4.78, 5) is 8.25. The van der Waals surface area contributed by atoms with E-state index < -0.39 is 0 Å². The fraction of sp³-hybridized carbons (Fsp3) is 0.500. The number of aromatic nitrogens is 1. The molecule has 1 aliphatic heterocycles. The third-order valence-electron chi connectivity index (χ3n) is 3.34. The van der Waals surface area contributed by atoms with Crippen LogP contribution in [-0.2, 0) is 6.54 Å². The van der Waals surface area contributed by atoms with Crippen molar-refractivity contribution in [2.45, 2.75) is 26.4 Å². The molecule has 110 valence electrons. The van der Waals surface area contributed by atoms with E-state index in [0.717, 1.165) is 42.7 Å². The normalized spacial score (nSPS) is 19.8. The molecule has 1 aliphatic rings. The van der Waals surface area contributed by atoms with Crippen molar-refractivity contribution in [1.82, 2.24) is 15.2 Å². The van der Waals surface area contributed by atoms with E-state index in [0.29, 0.717) is 6.04 Å². The lowest BCUT2D eigenvalue weighted by Crippen LogP contribution is -2.48. The van der Waals surface area contributed by atoms with Gasteiger partial charge in [-0.05, 0) is 26.0 Å². The van der Waals surface area contributed by atoms with Crippen molar-refractivity contribution in [1.29, 1.82) is 0 Å². The standard InChI is InChI=1S/C14H19N3OS.ClH/c1-10-8-17(6-5-15-10)9-12-7-16-14(19-12)13-4-3-11(2)18-13;/h3-4,7,10,15H,5-6,8-9H2,1-2H3;1H/t10-;/m1./s1. The summed E-state index contributed by atoms with van der Waals surface area (Å²) in [5, 5.41) is 4.44. The summed E-state index contributed by atoms with van der Waals surface area (Å²) >= 11 is 1.73. The summed E-state index contributed by atoms with van der Waals surface area (Å²) in [6.07, 6.45) is 1.98. The lowest BCUT2D eigenvalue weighted by molar-refractivity contribution is 0.201. The predicted octanol–water partition coefficient (Wildman–Crippen LogP) is 2.93. The molecule has 0 amide bonds. The van der Waals surface area contributed by atoms with Gasteiger partial charge in [-0.15, -0.1) is 23.7 Å². The maximum Gasteiger partial charge on any atom is 0.162 e. The monoisotopic (exact) mass is 313 g/mol. The molecule has 0 radical (unpaired) electrons. The average molecular weight is 314 g/mol. The van der Waals surface area contributed by atoms with Gasteiger partial charge in [0.1, 0.15) is 5.76 Å². The lowest BCUT2D eigenvalue weighted by atomic mass is 10.2. The smallest absolute Gasteiger partial charge is 0.162 e. The van der Waals surface area contributed by atoms with Crippen LogP contribution in [0.3, 0.4) is 0 Å². The number of nitrogens with zero attached hydrogens (tertiary/aromatic N) is 2. The average Bonchev–Trinajstić information content (AvgIpc) is 2.98. The molecule has 1 fully saturated rings. The summed E-state index contributed by atoms with van der Waals surface area (Å²) in [5.74, 6) is 1.81. The Kier molecular flexibility index (Phi) is 5.21. The Morgan fingerprint density at radius 1 is 1.50 bits per heavy atom. The van der Waals surface area contributed by atoms with E-state index in [9.17, 15) is 0 Å². The molecule has 3 heterocycles. The molecule has 2 aromatic heterocycles. The van der Waals surface area contributed by atoms with Crippen LogP contribution in [0, 0.1) is 6.92 Å². The lowest BCUT2D eigenvalue weighted by Gasteiger charge is -2.31. The number of rotatable bonds is 3. The van der Waals surface area contributed by atoms with Crippen LogP contribution in [0.4, 0.5) is 0 Å². The summed E-state index contributed by atoms with van der Waals surface area (Å²) in [6.45, 7) is 8.47. The van der Waals surface area contributed by atoms with Crippen LogP contribution in [0.5, 0.6) is 0 Å². The highest BCUT2D eigenvalue weighted by Crippen LogP contribution is 2.27. The van der Waals surface area contributed by atoms with E-state index in [1.54, 1.807) is 11.3 Å². The van der Waals surface area contributed by atoms with Gasteiger partial charge in [0.15, 0.2) is 10.8 Å². The van der Waals surface area contributed by atoms with Crippen LogP contribution in [-0.4, -0.2) is 35.6 Å². The number of furan rings is 1. The van der Waals surface area contributed by atoms with Gasteiger partial charge in [0, 0.05) is 43.3 Å². The van der Waals surface area contributed by atoms with Crippen LogP contribution < -0.4 is 5.32 Å². The van der Waals surface area contributed by atoms with Gasteiger partial charge in [0.05, 0.1) is 0 Å². The van der Waals surface area contributed by atoms with E-state index in [1.807, 2.05) is 25.3 Å². The number of hydrogen-bond acceptors (Lipinski definition) is 5.